The second-order valence-electron chi connectivity index (χ2n) is 6.46. The molecule has 3 aromatic rings. The maximum atomic E-state index is 12.1. The molecule has 0 saturated carbocycles. The number of aromatic nitrogens is 1. The summed E-state index contributed by atoms with van der Waals surface area (Å²) in [5.41, 5.74) is 2.51. The highest BCUT2D eigenvalue weighted by atomic mass is 19.4. The Hall–Kier alpha value is -3.29. The van der Waals surface area contributed by atoms with Crippen LogP contribution in [0.1, 0.15) is 17.9 Å². The molecule has 0 aliphatic carbocycles. The van der Waals surface area contributed by atoms with E-state index in [1.807, 2.05) is 31.2 Å². The van der Waals surface area contributed by atoms with E-state index in [9.17, 15) is 18.0 Å². The smallest absolute Gasteiger partial charge is 0.422 e. The lowest BCUT2D eigenvalue weighted by Crippen LogP contribution is -2.19. The van der Waals surface area contributed by atoms with Crippen LogP contribution in [0.2, 0.25) is 0 Å². The molecule has 0 aliphatic heterocycles. The summed E-state index contributed by atoms with van der Waals surface area (Å²) < 4.78 is 46.7. The number of halogens is 3. The van der Waals surface area contributed by atoms with Gasteiger partial charge in [-0.2, -0.15) is 13.2 Å². The molecule has 1 heterocycles. The van der Waals surface area contributed by atoms with Gasteiger partial charge in [-0.15, -0.1) is 0 Å². The number of oxazole rings is 1. The highest BCUT2D eigenvalue weighted by molar-refractivity contribution is 5.90. The molecule has 1 amide bonds. The summed E-state index contributed by atoms with van der Waals surface area (Å²) in [5.74, 6) is 0.897. The predicted molar refractivity (Wildman–Crippen MR) is 102 cm³/mol. The number of alkyl halides is 3. The summed E-state index contributed by atoms with van der Waals surface area (Å²) in [4.78, 5) is 16.3. The standard InChI is InChI=1S/C21H19F3N2O3/c1-14-2-4-15(5-3-14)18-12-25-20(29-18)11-10-19(27)26-16-6-8-17(9-7-16)28-13-21(22,23)24/h2-9,12H,10-11,13H2,1H3,(H,26,27). The van der Waals surface area contributed by atoms with Crippen molar-refractivity contribution in [2.24, 2.45) is 0 Å². The van der Waals surface area contributed by atoms with Gasteiger partial charge in [0.1, 0.15) is 5.75 Å². The van der Waals surface area contributed by atoms with Crippen LogP contribution in [0.4, 0.5) is 18.9 Å². The van der Waals surface area contributed by atoms with Crippen LogP contribution >= 0.6 is 0 Å². The minimum absolute atomic E-state index is 0.0729. The van der Waals surface area contributed by atoms with E-state index in [0.717, 1.165) is 11.1 Å². The number of hydrogen-bond donors (Lipinski definition) is 1. The number of nitrogens with zero attached hydrogens (tertiary/aromatic N) is 1. The number of benzene rings is 2. The summed E-state index contributed by atoms with van der Waals surface area (Å²) >= 11 is 0. The van der Waals surface area contributed by atoms with Gasteiger partial charge in [-0.3, -0.25) is 4.79 Å². The Morgan fingerprint density at radius 1 is 1.10 bits per heavy atom. The number of rotatable bonds is 7. The first-order chi connectivity index (χ1) is 13.8. The average molecular weight is 404 g/mol. The Bertz CT molecular complexity index is 949. The van der Waals surface area contributed by atoms with Crippen molar-refractivity contribution >= 4 is 11.6 Å². The molecule has 29 heavy (non-hydrogen) atoms. The molecule has 1 N–H and O–H groups in total. The van der Waals surface area contributed by atoms with E-state index in [0.29, 0.717) is 23.8 Å². The first kappa shape index (κ1) is 20.4. The second kappa shape index (κ2) is 8.81. The van der Waals surface area contributed by atoms with E-state index < -0.39 is 12.8 Å². The molecule has 0 atom stereocenters. The molecule has 0 spiro atoms. The lowest BCUT2D eigenvalue weighted by molar-refractivity contribution is -0.153. The topological polar surface area (TPSA) is 64.4 Å². The number of aryl methyl sites for hydroxylation is 2. The lowest BCUT2D eigenvalue weighted by atomic mass is 10.1. The van der Waals surface area contributed by atoms with Crippen molar-refractivity contribution < 1.29 is 27.1 Å². The third kappa shape index (κ3) is 6.38. The summed E-state index contributed by atoms with van der Waals surface area (Å²) in [7, 11) is 0. The number of hydrogen-bond acceptors (Lipinski definition) is 4. The zero-order chi connectivity index (χ0) is 20.9. The van der Waals surface area contributed by atoms with Crippen LogP contribution in [0.25, 0.3) is 11.3 Å². The van der Waals surface area contributed by atoms with Crippen LogP contribution < -0.4 is 10.1 Å². The second-order valence-corrected chi connectivity index (χ2v) is 6.46. The van der Waals surface area contributed by atoms with Gasteiger partial charge in [0, 0.05) is 24.1 Å². The summed E-state index contributed by atoms with van der Waals surface area (Å²) in [5, 5.41) is 2.67. The zero-order valence-electron chi connectivity index (χ0n) is 15.6. The number of carbonyl (C=O) groups excluding carboxylic acids is 1. The minimum Gasteiger partial charge on any atom is -0.484 e. The minimum atomic E-state index is -4.40. The van der Waals surface area contributed by atoms with E-state index in [-0.39, 0.29) is 18.1 Å². The van der Waals surface area contributed by atoms with E-state index in [2.05, 4.69) is 15.0 Å². The summed E-state index contributed by atoms with van der Waals surface area (Å²) in [6.07, 6.45) is -2.30. The Morgan fingerprint density at radius 2 is 1.79 bits per heavy atom. The first-order valence-electron chi connectivity index (χ1n) is 8.90. The molecule has 1 aromatic heterocycles. The number of nitrogens with one attached hydrogen (secondary N) is 1. The van der Waals surface area contributed by atoms with Crippen molar-refractivity contribution in [2.45, 2.75) is 25.9 Å². The molecule has 0 bridgehead atoms. The molecule has 0 aliphatic rings. The molecule has 3 rings (SSSR count). The van der Waals surface area contributed by atoms with Gasteiger partial charge in [0.15, 0.2) is 18.3 Å². The van der Waals surface area contributed by atoms with Crippen molar-refractivity contribution in [1.82, 2.24) is 4.98 Å². The number of ether oxygens (including phenoxy) is 1. The normalized spacial score (nSPS) is 11.3. The maximum Gasteiger partial charge on any atom is 0.422 e. The van der Waals surface area contributed by atoms with Crippen LogP contribution in [-0.4, -0.2) is 23.7 Å². The van der Waals surface area contributed by atoms with Crippen molar-refractivity contribution in [3.05, 3.63) is 66.2 Å². The number of amides is 1. The van der Waals surface area contributed by atoms with Crippen molar-refractivity contribution in [2.75, 3.05) is 11.9 Å². The third-order valence-electron chi connectivity index (χ3n) is 4.00. The molecular formula is C21H19F3N2O3. The van der Waals surface area contributed by atoms with Gasteiger partial charge in [-0.1, -0.05) is 29.8 Å². The average Bonchev–Trinajstić information content (AvgIpc) is 3.15. The molecule has 0 unspecified atom stereocenters. The number of anilines is 1. The lowest BCUT2D eigenvalue weighted by Gasteiger charge is -2.10. The van der Waals surface area contributed by atoms with E-state index in [1.165, 1.54) is 24.3 Å². The predicted octanol–water partition coefficient (Wildman–Crippen LogP) is 5.16. The molecule has 0 radical (unpaired) electrons. The molecule has 0 saturated heterocycles. The first-order valence-corrected chi connectivity index (χ1v) is 8.90. The van der Waals surface area contributed by atoms with Crippen LogP contribution in [0.5, 0.6) is 5.75 Å². The summed E-state index contributed by atoms with van der Waals surface area (Å²) in [6, 6.07) is 13.5. The maximum absolute atomic E-state index is 12.1. The van der Waals surface area contributed by atoms with Gasteiger partial charge in [0.05, 0.1) is 6.20 Å². The monoisotopic (exact) mass is 404 g/mol. The van der Waals surface area contributed by atoms with E-state index in [1.54, 1.807) is 6.20 Å². The zero-order valence-corrected chi connectivity index (χ0v) is 15.6. The molecule has 152 valence electrons. The quantitative estimate of drug-likeness (QED) is 0.591. The highest BCUT2D eigenvalue weighted by Gasteiger charge is 2.28. The fraction of sp³-hybridized carbons (Fsp3) is 0.238. The number of carbonyl (C=O) groups is 1. The molecule has 8 heteroatoms. The van der Waals surface area contributed by atoms with Crippen molar-refractivity contribution in [3.8, 4) is 17.1 Å². The fourth-order valence-electron chi connectivity index (χ4n) is 2.52. The Kier molecular flexibility index (Phi) is 6.21. The van der Waals surface area contributed by atoms with Gasteiger partial charge in [-0.05, 0) is 31.2 Å². The van der Waals surface area contributed by atoms with Gasteiger partial charge in [-0.25, -0.2) is 4.98 Å². The van der Waals surface area contributed by atoms with Gasteiger partial charge in [0.2, 0.25) is 5.91 Å². The SMILES string of the molecule is Cc1ccc(-c2cnc(CCC(=O)Nc3ccc(OCC(F)(F)F)cc3)o2)cc1. The van der Waals surface area contributed by atoms with E-state index in [4.69, 9.17) is 4.42 Å². The van der Waals surface area contributed by atoms with Gasteiger partial charge in [0.25, 0.3) is 0 Å². The fourth-order valence-corrected chi connectivity index (χ4v) is 2.52. The van der Waals surface area contributed by atoms with Crippen LogP contribution in [0, 0.1) is 6.92 Å². The van der Waals surface area contributed by atoms with Crippen molar-refractivity contribution in [1.29, 1.82) is 0 Å². The highest BCUT2D eigenvalue weighted by Crippen LogP contribution is 2.22. The molecule has 5 nitrogen and oxygen atoms in total. The van der Waals surface area contributed by atoms with Crippen LogP contribution in [0.15, 0.2) is 59.1 Å². The Labute approximate surface area is 165 Å². The van der Waals surface area contributed by atoms with Gasteiger partial charge < -0.3 is 14.5 Å². The summed E-state index contributed by atoms with van der Waals surface area (Å²) in [6.45, 7) is 0.636. The largest absolute Gasteiger partial charge is 0.484 e. The Morgan fingerprint density at radius 3 is 2.45 bits per heavy atom. The molecule has 2 aromatic carbocycles. The molecular weight excluding hydrogens is 385 g/mol. The Balaban J connectivity index is 1.48. The third-order valence-corrected chi connectivity index (χ3v) is 4.00. The van der Waals surface area contributed by atoms with Crippen molar-refractivity contribution in [3.63, 3.8) is 0 Å². The van der Waals surface area contributed by atoms with Crippen LogP contribution in [-0.2, 0) is 11.2 Å². The van der Waals surface area contributed by atoms with Crippen LogP contribution in [0.3, 0.4) is 0 Å². The van der Waals surface area contributed by atoms with E-state index >= 15 is 0 Å². The van der Waals surface area contributed by atoms with Gasteiger partial charge >= 0.3 is 6.18 Å². The molecule has 0 fully saturated rings.